The first-order valence-corrected chi connectivity index (χ1v) is 16.1. The maximum absolute atomic E-state index is 10.4. The molecule has 0 unspecified atom stereocenters. The molecule has 0 bridgehead atoms. The molecular formula is C36H55NO6. The summed E-state index contributed by atoms with van der Waals surface area (Å²) in [5, 5.41) is 29.0. The van der Waals surface area contributed by atoms with Crippen LogP contribution in [0.15, 0.2) is 24.3 Å². The number of rotatable bonds is 14. The molecule has 1 heterocycles. The first-order chi connectivity index (χ1) is 20.1. The zero-order valence-corrected chi connectivity index (χ0v) is 27.8. The topological polar surface area (TPSA) is 110 Å². The van der Waals surface area contributed by atoms with Gasteiger partial charge >= 0.3 is 5.97 Å². The van der Waals surface area contributed by atoms with Crippen LogP contribution in [0.5, 0.6) is 11.5 Å². The molecule has 2 aromatic rings. The number of aromatic hydroxyl groups is 1. The Kier molecular flexibility index (Phi) is 14.0. The van der Waals surface area contributed by atoms with Gasteiger partial charge in [-0.3, -0.25) is 10.1 Å². The molecule has 7 heteroatoms. The van der Waals surface area contributed by atoms with E-state index in [1.54, 1.807) is 0 Å². The minimum absolute atomic E-state index is 0.0422. The van der Waals surface area contributed by atoms with Gasteiger partial charge in [0.2, 0.25) is 0 Å². The second kappa shape index (κ2) is 16.7. The van der Waals surface area contributed by atoms with Crippen LogP contribution in [-0.2, 0) is 6.42 Å². The third-order valence-electron chi connectivity index (χ3n) is 9.19. The summed E-state index contributed by atoms with van der Waals surface area (Å²) < 4.78 is 6.60. The maximum Gasteiger partial charge on any atom is 0.335 e. The minimum Gasteiger partial charge on any atom is -0.507 e. The highest BCUT2D eigenvalue weighted by Crippen LogP contribution is 2.44. The van der Waals surface area contributed by atoms with Crippen molar-refractivity contribution in [3.05, 3.63) is 62.2 Å². The molecule has 0 spiro atoms. The van der Waals surface area contributed by atoms with Gasteiger partial charge in [0.05, 0.1) is 10.5 Å². The molecule has 0 amide bonds. The Balaban J connectivity index is 0.000000448. The van der Waals surface area contributed by atoms with Crippen LogP contribution in [0, 0.1) is 48.6 Å². The number of aromatic carboxylic acids is 1. The number of phenols is 1. The number of carbonyl (C=O) groups is 1. The van der Waals surface area contributed by atoms with Crippen molar-refractivity contribution < 1.29 is 24.7 Å². The minimum atomic E-state index is -1.09. The van der Waals surface area contributed by atoms with Crippen LogP contribution in [0.1, 0.15) is 131 Å². The van der Waals surface area contributed by atoms with Crippen molar-refractivity contribution in [2.24, 2.45) is 17.8 Å². The van der Waals surface area contributed by atoms with Gasteiger partial charge in [0.25, 0.3) is 5.69 Å². The van der Waals surface area contributed by atoms with Crippen molar-refractivity contribution in [2.75, 3.05) is 0 Å². The molecule has 240 valence electrons. The summed E-state index contributed by atoms with van der Waals surface area (Å²) in [6.45, 7) is 17.9. The molecule has 0 aromatic heterocycles. The number of benzene rings is 2. The number of nitro benzene ring substituents is 1. The van der Waals surface area contributed by atoms with Crippen LogP contribution >= 0.6 is 0 Å². The van der Waals surface area contributed by atoms with Gasteiger partial charge < -0.3 is 14.9 Å². The quantitative estimate of drug-likeness (QED) is 0.166. The van der Waals surface area contributed by atoms with Gasteiger partial charge in [-0.2, -0.15) is 0 Å². The molecule has 1 aliphatic heterocycles. The number of phenolic OH excluding ortho intramolecular Hbond substituents is 1. The molecule has 3 atom stereocenters. The predicted octanol–water partition coefficient (Wildman–Crippen LogP) is 10.1. The number of nitro groups is 1. The third-order valence-corrected chi connectivity index (χ3v) is 9.19. The Bertz CT molecular complexity index is 1170. The third kappa shape index (κ3) is 11.2. The standard InChI is InChI=1S/C29H50O2.C7H5NO4/c1-20(2)12-9-13-21(3)14-10-15-22(4)16-11-18-29(8)19-17-26-25(7)27(30)23(5)24(6)28(26)31-29;9-7(10)5-1-3-6(4-2-5)8(11)12/h20-22,30H,9-19H2,1-8H3;1-4H,(H,9,10)/t21-,22-,29-;/m1./s1. The Morgan fingerprint density at radius 3 is 1.95 bits per heavy atom. The van der Waals surface area contributed by atoms with Crippen molar-refractivity contribution in [3.8, 4) is 11.5 Å². The lowest BCUT2D eigenvalue weighted by Gasteiger charge is -2.38. The summed E-state index contributed by atoms with van der Waals surface area (Å²) >= 11 is 0. The highest BCUT2D eigenvalue weighted by molar-refractivity contribution is 5.87. The number of hydrogen-bond acceptors (Lipinski definition) is 5. The fourth-order valence-corrected chi connectivity index (χ4v) is 6.00. The van der Waals surface area contributed by atoms with Crippen molar-refractivity contribution >= 4 is 11.7 Å². The summed E-state index contributed by atoms with van der Waals surface area (Å²) in [5.41, 5.74) is 4.16. The first kappa shape index (κ1) is 36.1. The lowest BCUT2D eigenvalue weighted by molar-refractivity contribution is -0.384. The van der Waals surface area contributed by atoms with E-state index in [1.165, 1.54) is 69.1 Å². The summed E-state index contributed by atoms with van der Waals surface area (Å²) in [4.78, 5) is 19.9. The smallest absolute Gasteiger partial charge is 0.335 e. The summed E-state index contributed by atoms with van der Waals surface area (Å²) in [7, 11) is 0. The van der Waals surface area contributed by atoms with Gasteiger partial charge in [-0.15, -0.1) is 0 Å². The normalized spacial score (nSPS) is 17.3. The second-order valence-corrected chi connectivity index (χ2v) is 13.6. The molecule has 2 aromatic carbocycles. The van der Waals surface area contributed by atoms with Gasteiger partial charge in [0.15, 0.2) is 0 Å². The van der Waals surface area contributed by atoms with Crippen molar-refractivity contribution in [1.82, 2.24) is 0 Å². The van der Waals surface area contributed by atoms with E-state index in [2.05, 4.69) is 41.5 Å². The molecule has 2 N–H and O–H groups in total. The second-order valence-electron chi connectivity index (χ2n) is 13.6. The number of non-ortho nitro benzene ring substituents is 1. The van der Waals surface area contributed by atoms with Crippen molar-refractivity contribution in [3.63, 3.8) is 0 Å². The van der Waals surface area contributed by atoms with Crippen molar-refractivity contribution in [1.29, 1.82) is 0 Å². The molecule has 1 aliphatic rings. The van der Waals surface area contributed by atoms with Gasteiger partial charge in [-0.1, -0.05) is 72.6 Å². The van der Waals surface area contributed by atoms with E-state index in [4.69, 9.17) is 9.84 Å². The maximum atomic E-state index is 10.4. The summed E-state index contributed by atoms with van der Waals surface area (Å²) in [5.74, 6) is 2.94. The number of fused-ring (bicyclic) bond motifs is 1. The van der Waals surface area contributed by atoms with Crippen LogP contribution in [0.2, 0.25) is 0 Å². The summed E-state index contributed by atoms with van der Waals surface area (Å²) in [6.07, 6.45) is 14.1. The Labute approximate surface area is 259 Å². The molecule has 3 rings (SSSR count). The van der Waals surface area contributed by atoms with E-state index in [0.29, 0.717) is 5.75 Å². The van der Waals surface area contributed by atoms with E-state index >= 15 is 0 Å². The number of nitrogens with zero attached hydrogens (tertiary/aromatic N) is 1. The lowest BCUT2D eigenvalue weighted by atomic mass is 9.84. The average molecular weight is 598 g/mol. The van der Waals surface area contributed by atoms with Gasteiger partial charge in [-0.25, -0.2) is 4.79 Å². The number of ether oxygens (including phenoxy) is 1. The molecule has 0 saturated carbocycles. The van der Waals surface area contributed by atoms with Crippen molar-refractivity contribution in [2.45, 2.75) is 132 Å². The van der Waals surface area contributed by atoms with Gasteiger partial charge in [-0.05, 0) is 100.0 Å². The van der Waals surface area contributed by atoms with E-state index in [9.17, 15) is 20.0 Å². The highest BCUT2D eigenvalue weighted by Gasteiger charge is 2.34. The fraction of sp³-hybridized carbons (Fsp3) is 0.639. The van der Waals surface area contributed by atoms with E-state index < -0.39 is 10.9 Å². The largest absolute Gasteiger partial charge is 0.507 e. The monoisotopic (exact) mass is 597 g/mol. The van der Waals surface area contributed by atoms with Crippen LogP contribution in [0.25, 0.3) is 0 Å². The molecule has 7 nitrogen and oxygen atoms in total. The van der Waals surface area contributed by atoms with E-state index in [0.717, 1.165) is 71.6 Å². The first-order valence-electron chi connectivity index (χ1n) is 16.1. The predicted molar refractivity (Wildman–Crippen MR) is 174 cm³/mol. The lowest BCUT2D eigenvalue weighted by Crippen LogP contribution is -2.37. The van der Waals surface area contributed by atoms with E-state index in [1.807, 2.05) is 13.8 Å². The fourth-order valence-electron chi connectivity index (χ4n) is 6.00. The van der Waals surface area contributed by atoms with Crippen LogP contribution in [-0.4, -0.2) is 26.7 Å². The molecule has 0 saturated heterocycles. The molecule has 0 fully saturated rings. The average Bonchev–Trinajstić information content (AvgIpc) is 2.95. The number of hydrogen-bond donors (Lipinski definition) is 2. The number of carboxylic acids is 1. The molecule has 0 aliphatic carbocycles. The Morgan fingerprint density at radius 1 is 0.907 bits per heavy atom. The Hall–Kier alpha value is -3.09. The Morgan fingerprint density at radius 2 is 1.44 bits per heavy atom. The van der Waals surface area contributed by atoms with Gasteiger partial charge in [0, 0.05) is 17.7 Å². The van der Waals surface area contributed by atoms with Crippen LogP contribution in [0.4, 0.5) is 5.69 Å². The SMILES string of the molecule is Cc1c(C)c2c(c(C)c1O)CC[C@@](C)(CCC[C@H](C)CCC[C@H](C)CCCC(C)C)O2.O=C(O)c1ccc([N+](=O)[O-])cc1. The number of carboxylic acid groups (broad SMARTS) is 1. The molecule has 0 radical (unpaired) electrons. The van der Waals surface area contributed by atoms with E-state index in [-0.39, 0.29) is 16.9 Å². The molecule has 43 heavy (non-hydrogen) atoms. The zero-order valence-electron chi connectivity index (χ0n) is 27.8. The van der Waals surface area contributed by atoms with Gasteiger partial charge in [0.1, 0.15) is 17.1 Å². The zero-order chi connectivity index (χ0) is 32.3. The summed E-state index contributed by atoms with van der Waals surface area (Å²) in [6, 6.07) is 4.70. The highest BCUT2D eigenvalue weighted by atomic mass is 16.6. The van der Waals surface area contributed by atoms with Crippen LogP contribution in [0.3, 0.4) is 0 Å². The molecular weight excluding hydrogens is 542 g/mol. The van der Waals surface area contributed by atoms with Crippen LogP contribution < -0.4 is 4.74 Å².